The van der Waals surface area contributed by atoms with Gasteiger partial charge in [0.15, 0.2) is 11.7 Å². The standard InChI is InChI=1S/C17H14Cl2N2O4S2/c1-3-24-16(23)14-8(2)13-15(26-14)21-17(27-13)20-12(22)7-25-11-5-4-9(18)6-10(11)19/h4-6H,3,7H2,1-2H3,(H,20,21,22). The summed E-state index contributed by atoms with van der Waals surface area (Å²) in [4.78, 5) is 29.6. The predicted octanol–water partition coefficient (Wildman–Crippen LogP) is 5.17. The molecule has 0 aliphatic rings. The van der Waals surface area contributed by atoms with Crippen LogP contribution >= 0.6 is 45.9 Å². The fourth-order valence-electron chi connectivity index (χ4n) is 2.22. The number of hydrogen-bond donors (Lipinski definition) is 1. The number of ether oxygens (including phenoxy) is 2. The number of nitrogens with one attached hydrogen (secondary N) is 1. The van der Waals surface area contributed by atoms with Gasteiger partial charge in [0.2, 0.25) is 0 Å². The Balaban J connectivity index is 1.65. The molecular formula is C17H14Cl2N2O4S2. The lowest BCUT2D eigenvalue weighted by Gasteiger charge is -2.07. The maximum atomic E-state index is 12.1. The zero-order valence-corrected chi connectivity index (χ0v) is 17.4. The highest BCUT2D eigenvalue weighted by Gasteiger charge is 2.20. The Bertz CT molecular complexity index is 1020. The molecule has 0 saturated heterocycles. The monoisotopic (exact) mass is 444 g/mol. The van der Waals surface area contributed by atoms with Crippen LogP contribution in [0.1, 0.15) is 22.2 Å². The largest absolute Gasteiger partial charge is 0.482 e. The van der Waals surface area contributed by atoms with E-state index in [4.69, 9.17) is 32.7 Å². The summed E-state index contributed by atoms with van der Waals surface area (Å²) in [5, 5.41) is 3.93. The smallest absolute Gasteiger partial charge is 0.348 e. The zero-order valence-electron chi connectivity index (χ0n) is 14.3. The first-order valence-corrected chi connectivity index (χ1v) is 10.2. The van der Waals surface area contributed by atoms with Gasteiger partial charge < -0.3 is 9.47 Å². The van der Waals surface area contributed by atoms with Crippen LogP contribution in [0.5, 0.6) is 5.75 Å². The van der Waals surface area contributed by atoms with Gasteiger partial charge in [0.1, 0.15) is 15.5 Å². The fourth-order valence-corrected chi connectivity index (χ4v) is 4.92. The number of anilines is 1. The summed E-state index contributed by atoms with van der Waals surface area (Å²) in [6, 6.07) is 4.76. The van der Waals surface area contributed by atoms with Crippen molar-refractivity contribution in [2.24, 2.45) is 0 Å². The highest BCUT2D eigenvalue weighted by molar-refractivity contribution is 7.30. The van der Waals surface area contributed by atoms with E-state index in [2.05, 4.69) is 10.3 Å². The van der Waals surface area contributed by atoms with Crippen molar-refractivity contribution >= 4 is 72.4 Å². The molecule has 6 nitrogen and oxygen atoms in total. The highest BCUT2D eigenvalue weighted by atomic mass is 35.5. The number of thiazole rings is 1. The first kappa shape index (κ1) is 19.9. The van der Waals surface area contributed by atoms with Crippen molar-refractivity contribution in [2.75, 3.05) is 18.5 Å². The van der Waals surface area contributed by atoms with Crippen LogP contribution in [-0.4, -0.2) is 30.1 Å². The molecular weight excluding hydrogens is 431 g/mol. The summed E-state index contributed by atoms with van der Waals surface area (Å²) in [6.45, 7) is 3.69. The molecule has 10 heteroatoms. The summed E-state index contributed by atoms with van der Waals surface area (Å²) in [5.74, 6) is -0.360. The van der Waals surface area contributed by atoms with Gasteiger partial charge in [0, 0.05) is 5.02 Å². The third-order valence-corrected chi connectivity index (χ3v) is 6.35. The van der Waals surface area contributed by atoms with Crippen LogP contribution in [0, 0.1) is 6.92 Å². The Hall–Kier alpha value is -1.87. The topological polar surface area (TPSA) is 77.5 Å². The van der Waals surface area contributed by atoms with Crippen LogP contribution in [-0.2, 0) is 9.53 Å². The molecule has 2 aromatic heterocycles. The number of fused-ring (bicyclic) bond motifs is 1. The normalized spacial score (nSPS) is 10.8. The molecule has 0 fully saturated rings. The van der Waals surface area contributed by atoms with Gasteiger partial charge in [0.25, 0.3) is 5.91 Å². The number of halogens is 2. The molecule has 0 bridgehead atoms. The fraction of sp³-hybridized carbons (Fsp3) is 0.235. The molecule has 142 valence electrons. The molecule has 3 rings (SSSR count). The van der Waals surface area contributed by atoms with E-state index < -0.39 is 0 Å². The number of thiophene rings is 1. The molecule has 0 aliphatic heterocycles. The average Bonchev–Trinajstić information content (AvgIpc) is 3.13. The molecule has 3 aromatic rings. The quantitative estimate of drug-likeness (QED) is 0.530. The van der Waals surface area contributed by atoms with Crippen LogP contribution in [0.15, 0.2) is 18.2 Å². The number of carbonyl (C=O) groups excluding carboxylic acids is 2. The number of aromatic nitrogens is 1. The van der Waals surface area contributed by atoms with Crippen molar-refractivity contribution in [3.8, 4) is 5.75 Å². The van der Waals surface area contributed by atoms with E-state index in [9.17, 15) is 9.59 Å². The van der Waals surface area contributed by atoms with Gasteiger partial charge in [-0.3, -0.25) is 10.1 Å². The van der Waals surface area contributed by atoms with E-state index in [0.717, 1.165) is 10.3 Å². The Morgan fingerprint density at radius 3 is 2.70 bits per heavy atom. The molecule has 1 aromatic carbocycles. The third kappa shape index (κ3) is 4.52. The van der Waals surface area contributed by atoms with Gasteiger partial charge in [-0.1, -0.05) is 34.5 Å². The first-order chi connectivity index (χ1) is 12.9. The summed E-state index contributed by atoms with van der Waals surface area (Å²) < 4.78 is 11.3. The Labute approximate surface area is 173 Å². The first-order valence-electron chi connectivity index (χ1n) is 7.83. The van der Waals surface area contributed by atoms with Gasteiger partial charge in [-0.2, -0.15) is 0 Å². The molecule has 0 saturated carbocycles. The summed E-state index contributed by atoms with van der Waals surface area (Å²) >= 11 is 14.4. The van der Waals surface area contributed by atoms with Crippen molar-refractivity contribution in [3.63, 3.8) is 0 Å². The lowest BCUT2D eigenvalue weighted by Crippen LogP contribution is -2.20. The highest BCUT2D eigenvalue weighted by Crippen LogP contribution is 2.37. The van der Waals surface area contributed by atoms with Crippen LogP contribution < -0.4 is 10.1 Å². The van der Waals surface area contributed by atoms with E-state index in [1.165, 1.54) is 28.7 Å². The molecule has 2 heterocycles. The molecule has 1 amide bonds. The zero-order chi connectivity index (χ0) is 19.6. The Kier molecular flexibility index (Phi) is 6.21. The molecule has 0 aliphatic carbocycles. The van der Waals surface area contributed by atoms with E-state index in [0.29, 0.717) is 37.2 Å². The van der Waals surface area contributed by atoms with E-state index >= 15 is 0 Å². The van der Waals surface area contributed by atoms with Gasteiger partial charge >= 0.3 is 5.97 Å². The van der Waals surface area contributed by atoms with Crippen molar-refractivity contribution in [1.29, 1.82) is 0 Å². The van der Waals surface area contributed by atoms with Crippen LogP contribution in [0.25, 0.3) is 9.53 Å². The van der Waals surface area contributed by atoms with Gasteiger partial charge in [-0.05, 0) is 37.6 Å². The molecule has 0 atom stereocenters. The Morgan fingerprint density at radius 1 is 1.26 bits per heavy atom. The van der Waals surface area contributed by atoms with Gasteiger partial charge in [-0.15, -0.1) is 11.3 Å². The second kappa shape index (κ2) is 8.43. The number of amides is 1. The van der Waals surface area contributed by atoms with Crippen molar-refractivity contribution in [2.45, 2.75) is 13.8 Å². The molecule has 27 heavy (non-hydrogen) atoms. The van der Waals surface area contributed by atoms with E-state index in [1.807, 2.05) is 6.92 Å². The summed E-state index contributed by atoms with van der Waals surface area (Å²) in [5.41, 5.74) is 0.802. The number of rotatable bonds is 6. The van der Waals surface area contributed by atoms with E-state index in [1.54, 1.807) is 19.1 Å². The number of aryl methyl sites for hydroxylation is 1. The molecule has 1 N–H and O–H groups in total. The maximum absolute atomic E-state index is 12.1. The lowest BCUT2D eigenvalue weighted by atomic mass is 10.3. The predicted molar refractivity (Wildman–Crippen MR) is 109 cm³/mol. The van der Waals surface area contributed by atoms with Crippen molar-refractivity contribution in [3.05, 3.63) is 38.7 Å². The minimum atomic E-state index is -0.370. The molecule has 0 unspecified atom stereocenters. The van der Waals surface area contributed by atoms with Crippen LogP contribution in [0.4, 0.5) is 5.13 Å². The number of benzene rings is 1. The second-order valence-corrected chi connectivity index (χ2v) is 8.18. The van der Waals surface area contributed by atoms with Gasteiger partial charge in [-0.25, -0.2) is 9.78 Å². The number of nitrogens with zero attached hydrogens (tertiary/aromatic N) is 1. The number of hydrogen-bond acceptors (Lipinski definition) is 7. The van der Waals surface area contributed by atoms with Crippen molar-refractivity contribution in [1.82, 2.24) is 4.98 Å². The summed E-state index contributed by atoms with van der Waals surface area (Å²) in [6.07, 6.45) is 0. The minimum Gasteiger partial charge on any atom is -0.482 e. The number of carbonyl (C=O) groups is 2. The van der Waals surface area contributed by atoms with Crippen LogP contribution in [0.3, 0.4) is 0 Å². The van der Waals surface area contributed by atoms with E-state index in [-0.39, 0.29) is 18.5 Å². The summed E-state index contributed by atoms with van der Waals surface area (Å²) in [7, 11) is 0. The second-order valence-electron chi connectivity index (χ2n) is 5.34. The maximum Gasteiger partial charge on any atom is 0.348 e. The Morgan fingerprint density at radius 2 is 2.04 bits per heavy atom. The number of esters is 1. The SMILES string of the molecule is CCOC(=O)c1sc2nc(NC(=O)COc3ccc(Cl)cc3Cl)sc2c1C. The third-order valence-electron chi connectivity index (χ3n) is 3.44. The molecule has 0 radical (unpaired) electrons. The lowest BCUT2D eigenvalue weighted by molar-refractivity contribution is -0.118. The van der Waals surface area contributed by atoms with Crippen molar-refractivity contribution < 1.29 is 19.1 Å². The molecule has 0 spiro atoms. The van der Waals surface area contributed by atoms with Gasteiger partial charge in [0.05, 0.1) is 16.3 Å². The average molecular weight is 445 g/mol. The minimum absolute atomic E-state index is 0.221. The van der Waals surface area contributed by atoms with Crippen LogP contribution in [0.2, 0.25) is 10.0 Å².